The molecule has 1 aliphatic rings. The smallest absolute Gasteiger partial charge is 0.267 e. The van der Waals surface area contributed by atoms with Crippen LogP contribution in [0.1, 0.15) is 16.9 Å². The summed E-state index contributed by atoms with van der Waals surface area (Å²) in [5.41, 5.74) is 1.48. The minimum absolute atomic E-state index is 0.0692. The zero-order valence-electron chi connectivity index (χ0n) is 13.5. The van der Waals surface area contributed by atoms with Crippen LogP contribution in [-0.4, -0.2) is 57.4 Å². The number of amides is 1. The van der Waals surface area contributed by atoms with Crippen LogP contribution in [0.3, 0.4) is 0 Å². The Hall–Kier alpha value is -2.05. The molecule has 0 bridgehead atoms. The number of aromatic amines is 1. The maximum absolute atomic E-state index is 12.3. The zero-order chi connectivity index (χ0) is 16.1. The predicted octanol–water partition coefficient (Wildman–Crippen LogP) is 0.212. The van der Waals surface area contributed by atoms with E-state index in [4.69, 9.17) is 9.47 Å². The number of methoxy groups -OCH3 is 1. The van der Waals surface area contributed by atoms with Crippen LogP contribution in [0.4, 0.5) is 0 Å². The van der Waals surface area contributed by atoms with Crippen LogP contribution in [0, 0.1) is 0 Å². The summed E-state index contributed by atoms with van der Waals surface area (Å²) in [5.74, 6) is 0.703. The molecule has 6 nitrogen and oxygen atoms in total. The minimum atomic E-state index is -0.0692. The number of carbonyl (C=O) groups is 1. The van der Waals surface area contributed by atoms with E-state index in [0.717, 1.165) is 55.9 Å². The molecule has 1 aromatic heterocycles. The van der Waals surface area contributed by atoms with E-state index in [9.17, 15) is 4.79 Å². The van der Waals surface area contributed by atoms with E-state index in [1.807, 2.05) is 24.3 Å². The number of morpholine rings is 1. The summed E-state index contributed by atoms with van der Waals surface area (Å²) in [6, 6.07) is 7.58. The molecule has 1 fully saturated rings. The number of rotatable bonds is 6. The lowest BCUT2D eigenvalue weighted by molar-refractivity contribution is -0.908. The van der Waals surface area contributed by atoms with Gasteiger partial charge in [0.25, 0.3) is 5.91 Å². The Kier molecular flexibility index (Phi) is 5.15. The lowest BCUT2D eigenvalue weighted by Crippen LogP contribution is -3.14. The van der Waals surface area contributed by atoms with Crippen molar-refractivity contribution in [2.24, 2.45) is 0 Å². The molecule has 0 atom stereocenters. The van der Waals surface area contributed by atoms with Crippen LogP contribution in [0.2, 0.25) is 0 Å². The van der Waals surface area contributed by atoms with E-state index in [2.05, 4.69) is 10.3 Å². The van der Waals surface area contributed by atoms with Gasteiger partial charge in [0.15, 0.2) is 0 Å². The van der Waals surface area contributed by atoms with Crippen LogP contribution >= 0.6 is 0 Å². The Labute approximate surface area is 135 Å². The normalized spacial score (nSPS) is 15.7. The number of hydrogen-bond donors (Lipinski definition) is 3. The molecule has 0 unspecified atom stereocenters. The van der Waals surface area contributed by atoms with Gasteiger partial charge >= 0.3 is 0 Å². The van der Waals surface area contributed by atoms with Crippen LogP contribution in [0.15, 0.2) is 24.3 Å². The number of benzene rings is 1. The number of hydrogen-bond acceptors (Lipinski definition) is 3. The third-order valence-electron chi connectivity index (χ3n) is 4.28. The second-order valence-corrected chi connectivity index (χ2v) is 5.83. The van der Waals surface area contributed by atoms with Crippen molar-refractivity contribution in [1.82, 2.24) is 10.3 Å². The Bertz CT molecular complexity index is 662. The van der Waals surface area contributed by atoms with Gasteiger partial charge in [-0.1, -0.05) is 6.07 Å². The van der Waals surface area contributed by atoms with Crippen LogP contribution in [0.25, 0.3) is 10.9 Å². The molecule has 1 aromatic carbocycles. The molecular weight excluding hydrogens is 294 g/mol. The molecule has 0 spiro atoms. The highest BCUT2D eigenvalue weighted by Crippen LogP contribution is 2.25. The number of aromatic nitrogens is 1. The van der Waals surface area contributed by atoms with Crippen LogP contribution in [-0.2, 0) is 4.74 Å². The van der Waals surface area contributed by atoms with Crippen molar-refractivity contribution in [3.05, 3.63) is 30.0 Å². The van der Waals surface area contributed by atoms with Gasteiger partial charge in [-0.05, 0) is 18.2 Å². The number of ether oxygens (including phenoxy) is 2. The summed E-state index contributed by atoms with van der Waals surface area (Å²) < 4.78 is 10.7. The standard InChI is InChI=1S/C17H23N3O3/c1-22-16-5-2-4-14-13(16)12-15(19-14)17(21)18-6-3-7-20-8-10-23-11-9-20/h2,4-5,12,19H,3,6-11H2,1H3,(H,18,21)/p+1. The molecule has 1 saturated heterocycles. The van der Waals surface area contributed by atoms with Crippen LogP contribution in [0.5, 0.6) is 5.75 Å². The SMILES string of the molecule is COc1cccc2[nH]c(C(=O)NCCC[NH+]3CCOCC3)cc12. The van der Waals surface area contributed by atoms with Crippen molar-refractivity contribution in [2.45, 2.75) is 6.42 Å². The first-order valence-corrected chi connectivity index (χ1v) is 8.13. The Morgan fingerprint density at radius 3 is 3.00 bits per heavy atom. The summed E-state index contributed by atoms with van der Waals surface area (Å²) in [5, 5.41) is 3.91. The fourth-order valence-corrected chi connectivity index (χ4v) is 2.97. The summed E-state index contributed by atoms with van der Waals surface area (Å²) in [6.45, 7) is 5.59. The van der Waals surface area contributed by atoms with E-state index in [-0.39, 0.29) is 5.91 Å². The van der Waals surface area contributed by atoms with Crippen molar-refractivity contribution >= 4 is 16.8 Å². The molecule has 3 rings (SSSR count). The fraction of sp³-hybridized carbons (Fsp3) is 0.471. The third-order valence-corrected chi connectivity index (χ3v) is 4.28. The zero-order valence-corrected chi connectivity index (χ0v) is 13.5. The van der Waals surface area contributed by atoms with Gasteiger partial charge in [-0.15, -0.1) is 0 Å². The van der Waals surface area contributed by atoms with Gasteiger partial charge < -0.3 is 24.7 Å². The average Bonchev–Trinajstić information content (AvgIpc) is 3.03. The molecule has 1 amide bonds. The molecule has 0 aliphatic carbocycles. The van der Waals surface area contributed by atoms with Crippen molar-refractivity contribution < 1.29 is 19.2 Å². The molecule has 0 radical (unpaired) electrons. The topological polar surface area (TPSA) is 67.8 Å². The summed E-state index contributed by atoms with van der Waals surface area (Å²) >= 11 is 0. The molecule has 1 aliphatic heterocycles. The summed E-state index contributed by atoms with van der Waals surface area (Å²) in [4.78, 5) is 17.0. The van der Waals surface area contributed by atoms with Gasteiger partial charge in [-0.25, -0.2) is 0 Å². The predicted molar refractivity (Wildman–Crippen MR) is 88.2 cm³/mol. The van der Waals surface area contributed by atoms with E-state index >= 15 is 0 Å². The van der Waals surface area contributed by atoms with E-state index < -0.39 is 0 Å². The van der Waals surface area contributed by atoms with Gasteiger partial charge in [0.1, 0.15) is 24.5 Å². The summed E-state index contributed by atoms with van der Waals surface area (Å²) in [6.07, 6.45) is 0.977. The molecule has 2 aromatic rings. The highest BCUT2D eigenvalue weighted by Gasteiger charge is 2.14. The molecule has 124 valence electrons. The first-order valence-electron chi connectivity index (χ1n) is 8.13. The Morgan fingerprint density at radius 2 is 2.22 bits per heavy atom. The number of fused-ring (bicyclic) bond motifs is 1. The van der Waals surface area contributed by atoms with Crippen molar-refractivity contribution in [2.75, 3.05) is 46.5 Å². The molecule has 2 heterocycles. The molecule has 6 heteroatoms. The van der Waals surface area contributed by atoms with Crippen LogP contribution < -0.4 is 15.0 Å². The first-order chi connectivity index (χ1) is 11.3. The van der Waals surface area contributed by atoms with Gasteiger partial charge in [0, 0.05) is 23.9 Å². The molecule has 23 heavy (non-hydrogen) atoms. The van der Waals surface area contributed by atoms with E-state index in [1.165, 1.54) is 0 Å². The minimum Gasteiger partial charge on any atom is -0.496 e. The van der Waals surface area contributed by atoms with Gasteiger partial charge in [0.05, 0.1) is 26.9 Å². The second-order valence-electron chi connectivity index (χ2n) is 5.83. The van der Waals surface area contributed by atoms with Gasteiger partial charge in [-0.3, -0.25) is 4.79 Å². The van der Waals surface area contributed by atoms with E-state index in [1.54, 1.807) is 12.0 Å². The highest BCUT2D eigenvalue weighted by molar-refractivity contribution is 5.99. The molecule has 0 saturated carbocycles. The summed E-state index contributed by atoms with van der Waals surface area (Å²) in [7, 11) is 1.63. The first kappa shape index (κ1) is 15.8. The van der Waals surface area contributed by atoms with Crippen molar-refractivity contribution in [3.8, 4) is 5.75 Å². The number of nitrogens with one attached hydrogen (secondary N) is 3. The highest BCUT2D eigenvalue weighted by atomic mass is 16.5. The Balaban J connectivity index is 1.52. The maximum atomic E-state index is 12.3. The lowest BCUT2D eigenvalue weighted by Gasteiger charge is -2.23. The van der Waals surface area contributed by atoms with Crippen molar-refractivity contribution in [1.29, 1.82) is 0 Å². The Morgan fingerprint density at radius 1 is 1.39 bits per heavy atom. The van der Waals surface area contributed by atoms with Crippen molar-refractivity contribution in [3.63, 3.8) is 0 Å². The maximum Gasteiger partial charge on any atom is 0.267 e. The molecule has 3 N–H and O–H groups in total. The number of carbonyl (C=O) groups excluding carboxylic acids is 1. The quantitative estimate of drug-likeness (QED) is 0.667. The number of H-pyrrole nitrogens is 1. The average molecular weight is 318 g/mol. The van der Waals surface area contributed by atoms with E-state index in [0.29, 0.717) is 12.2 Å². The monoisotopic (exact) mass is 318 g/mol. The fourth-order valence-electron chi connectivity index (χ4n) is 2.97. The lowest BCUT2D eigenvalue weighted by atomic mass is 10.2. The second kappa shape index (κ2) is 7.48. The molecular formula is C17H24N3O3+. The largest absolute Gasteiger partial charge is 0.496 e. The van der Waals surface area contributed by atoms with Gasteiger partial charge in [0.2, 0.25) is 0 Å². The third kappa shape index (κ3) is 3.83. The number of quaternary nitrogens is 1. The van der Waals surface area contributed by atoms with Gasteiger partial charge in [-0.2, -0.15) is 0 Å².